The highest BCUT2D eigenvalue weighted by Crippen LogP contribution is 2.47. The Labute approximate surface area is 210 Å². The highest BCUT2D eigenvalue weighted by atomic mass is 79.9. The molecule has 0 radical (unpaired) electrons. The zero-order valence-electron chi connectivity index (χ0n) is 20.1. The van der Waals surface area contributed by atoms with Gasteiger partial charge in [-0.2, -0.15) is 0 Å². The van der Waals surface area contributed by atoms with Gasteiger partial charge in [-0.05, 0) is 61.2 Å². The van der Waals surface area contributed by atoms with Gasteiger partial charge >= 0.3 is 6.03 Å². The summed E-state index contributed by atoms with van der Waals surface area (Å²) in [5, 5.41) is 0. The normalized spacial score (nSPS) is 23.9. The number of halogens is 2. The second kappa shape index (κ2) is 9.96. The zero-order valence-corrected chi connectivity index (χ0v) is 21.7. The van der Waals surface area contributed by atoms with Gasteiger partial charge in [0.15, 0.2) is 0 Å². The Balaban J connectivity index is 1.20. The van der Waals surface area contributed by atoms with Crippen LogP contribution in [-0.4, -0.2) is 84.0 Å². The van der Waals surface area contributed by atoms with Gasteiger partial charge in [0.2, 0.25) is 0 Å². The minimum atomic E-state index is -0.184. The Bertz CT molecular complexity index is 1020. The van der Waals surface area contributed by atoms with Crippen LogP contribution >= 0.6 is 15.9 Å². The summed E-state index contributed by atoms with van der Waals surface area (Å²) in [7, 11) is 0. The van der Waals surface area contributed by atoms with E-state index in [2.05, 4.69) is 57.8 Å². The first-order valence-electron chi connectivity index (χ1n) is 12.5. The Morgan fingerprint density at radius 1 is 0.941 bits per heavy atom. The van der Waals surface area contributed by atoms with E-state index >= 15 is 0 Å². The first kappa shape index (κ1) is 23.8. The molecule has 1 aliphatic carbocycles. The van der Waals surface area contributed by atoms with E-state index in [0.29, 0.717) is 12.0 Å². The minimum absolute atomic E-state index is 0.184. The van der Waals surface area contributed by atoms with Crippen LogP contribution in [0.1, 0.15) is 48.9 Å². The number of urea groups is 1. The highest BCUT2D eigenvalue weighted by molar-refractivity contribution is 9.10. The first-order valence-corrected chi connectivity index (χ1v) is 13.3. The smallest absolute Gasteiger partial charge is 0.320 e. The van der Waals surface area contributed by atoms with E-state index in [1.807, 2.05) is 21.9 Å². The topological polar surface area (TPSA) is 30.0 Å². The number of carbonyl (C=O) groups is 1. The molecule has 0 spiro atoms. The molecule has 7 heteroatoms. The van der Waals surface area contributed by atoms with E-state index in [-0.39, 0.29) is 17.9 Å². The molecule has 2 amide bonds. The SMILES string of the molecule is CC(C)N1CCN(CCN2CCN([C@H]3C[C@H](c4ccc(F)cc4)c4cc(Br)ccc43)CC2)C1=O. The van der Waals surface area contributed by atoms with Crippen LogP contribution in [0.3, 0.4) is 0 Å². The lowest BCUT2D eigenvalue weighted by Gasteiger charge is -2.39. The van der Waals surface area contributed by atoms with E-state index < -0.39 is 0 Å². The standard InChI is InChI=1S/C27H34BrFN4O/c1-19(2)33-16-15-32(27(33)34)14-11-30-9-12-31(13-10-30)26-18-24(20-3-6-22(29)7-4-20)25-17-21(28)5-8-23(25)26/h3-8,17,19,24,26H,9-16,18H2,1-2H3/t24-,26+/m1/s1. The van der Waals surface area contributed by atoms with Crippen molar-refractivity contribution >= 4 is 22.0 Å². The van der Waals surface area contributed by atoms with Crippen molar-refractivity contribution in [2.24, 2.45) is 0 Å². The summed E-state index contributed by atoms with van der Waals surface area (Å²) in [5.41, 5.74) is 3.95. The third-order valence-corrected chi connectivity index (χ3v) is 8.29. The summed E-state index contributed by atoms with van der Waals surface area (Å²) in [4.78, 5) is 21.6. The van der Waals surface area contributed by atoms with Crippen molar-refractivity contribution in [3.8, 4) is 0 Å². The maximum Gasteiger partial charge on any atom is 0.320 e. The summed E-state index contributed by atoms with van der Waals surface area (Å²) in [6, 6.07) is 14.5. The Morgan fingerprint density at radius 2 is 1.68 bits per heavy atom. The van der Waals surface area contributed by atoms with Crippen LogP contribution in [0.5, 0.6) is 0 Å². The molecule has 2 aliphatic heterocycles. The molecule has 34 heavy (non-hydrogen) atoms. The van der Waals surface area contributed by atoms with Crippen molar-refractivity contribution in [1.82, 2.24) is 19.6 Å². The van der Waals surface area contributed by atoms with Gasteiger partial charge in [0.05, 0.1) is 0 Å². The van der Waals surface area contributed by atoms with E-state index in [1.165, 1.54) is 16.7 Å². The Hall–Kier alpha value is -1.96. The molecule has 0 aromatic heterocycles. The van der Waals surface area contributed by atoms with E-state index in [1.54, 1.807) is 12.1 Å². The lowest BCUT2D eigenvalue weighted by atomic mass is 9.93. The molecule has 2 atom stereocenters. The van der Waals surface area contributed by atoms with E-state index in [9.17, 15) is 9.18 Å². The van der Waals surface area contributed by atoms with E-state index in [0.717, 1.165) is 63.3 Å². The number of carbonyl (C=O) groups excluding carboxylic acids is 1. The van der Waals surface area contributed by atoms with Gasteiger partial charge in [0.1, 0.15) is 5.82 Å². The van der Waals surface area contributed by atoms with Crippen molar-refractivity contribution in [3.63, 3.8) is 0 Å². The van der Waals surface area contributed by atoms with Gasteiger partial charge in [0, 0.05) is 74.8 Å². The van der Waals surface area contributed by atoms with Crippen LogP contribution in [0.2, 0.25) is 0 Å². The Morgan fingerprint density at radius 3 is 2.35 bits per heavy atom. The molecule has 2 fully saturated rings. The fourth-order valence-electron chi connectivity index (χ4n) is 5.83. The lowest BCUT2D eigenvalue weighted by Crippen LogP contribution is -2.49. The molecule has 2 aromatic carbocycles. The summed E-state index contributed by atoms with van der Waals surface area (Å²) in [5.74, 6) is 0.109. The largest absolute Gasteiger partial charge is 0.322 e. The van der Waals surface area contributed by atoms with Crippen molar-refractivity contribution in [3.05, 3.63) is 69.4 Å². The number of amides is 2. The fourth-order valence-corrected chi connectivity index (χ4v) is 6.21. The monoisotopic (exact) mass is 528 g/mol. The van der Waals surface area contributed by atoms with Crippen LogP contribution in [0.15, 0.2) is 46.9 Å². The molecule has 2 heterocycles. The average molecular weight is 529 g/mol. The second-order valence-corrected chi connectivity index (χ2v) is 11.0. The van der Waals surface area contributed by atoms with Crippen LogP contribution in [0.25, 0.3) is 0 Å². The molecule has 0 saturated carbocycles. The van der Waals surface area contributed by atoms with Gasteiger partial charge in [-0.25, -0.2) is 9.18 Å². The molecule has 5 rings (SSSR count). The van der Waals surface area contributed by atoms with Crippen LogP contribution in [0, 0.1) is 5.82 Å². The number of hydrogen-bond acceptors (Lipinski definition) is 3. The first-order chi connectivity index (χ1) is 16.4. The maximum absolute atomic E-state index is 13.5. The number of hydrogen-bond donors (Lipinski definition) is 0. The van der Waals surface area contributed by atoms with Gasteiger partial charge in [-0.15, -0.1) is 0 Å². The predicted octanol–water partition coefficient (Wildman–Crippen LogP) is 4.93. The number of rotatable bonds is 6. The van der Waals surface area contributed by atoms with Gasteiger partial charge in [-0.3, -0.25) is 9.80 Å². The minimum Gasteiger partial charge on any atom is -0.322 e. The van der Waals surface area contributed by atoms with E-state index in [4.69, 9.17) is 0 Å². The molecule has 0 bridgehead atoms. The number of nitrogens with zero attached hydrogens (tertiary/aromatic N) is 4. The van der Waals surface area contributed by atoms with Gasteiger partial charge < -0.3 is 9.80 Å². The molecule has 2 aromatic rings. The number of fused-ring (bicyclic) bond motifs is 1. The van der Waals surface area contributed by atoms with Crippen molar-refractivity contribution in [2.45, 2.75) is 38.3 Å². The van der Waals surface area contributed by atoms with Crippen LogP contribution < -0.4 is 0 Å². The summed E-state index contributed by atoms with van der Waals surface area (Å²) >= 11 is 3.65. The summed E-state index contributed by atoms with van der Waals surface area (Å²) in [6.45, 7) is 11.7. The molecular formula is C27H34BrFN4O. The lowest BCUT2D eigenvalue weighted by molar-refractivity contribution is 0.0900. The molecule has 0 unspecified atom stereocenters. The molecular weight excluding hydrogens is 495 g/mol. The number of piperazine rings is 1. The van der Waals surface area contributed by atoms with Gasteiger partial charge in [0.25, 0.3) is 0 Å². The predicted molar refractivity (Wildman–Crippen MR) is 137 cm³/mol. The molecule has 182 valence electrons. The molecule has 0 N–H and O–H groups in total. The number of benzene rings is 2. The van der Waals surface area contributed by atoms with Crippen molar-refractivity contribution in [2.75, 3.05) is 52.4 Å². The molecule has 5 nitrogen and oxygen atoms in total. The molecule has 2 saturated heterocycles. The zero-order chi connectivity index (χ0) is 23.8. The average Bonchev–Trinajstić information content (AvgIpc) is 3.39. The Kier molecular flexibility index (Phi) is 6.96. The molecule has 3 aliphatic rings. The summed E-state index contributed by atoms with van der Waals surface area (Å²) < 4.78 is 14.6. The third kappa shape index (κ3) is 4.75. The third-order valence-electron chi connectivity index (χ3n) is 7.80. The van der Waals surface area contributed by atoms with Gasteiger partial charge in [-0.1, -0.05) is 34.1 Å². The van der Waals surface area contributed by atoms with Crippen molar-refractivity contribution < 1.29 is 9.18 Å². The highest BCUT2D eigenvalue weighted by Gasteiger charge is 2.37. The summed E-state index contributed by atoms with van der Waals surface area (Å²) in [6.07, 6.45) is 1.03. The quantitative estimate of drug-likeness (QED) is 0.532. The van der Waals surface area contributed by atoms with Crippen LogP contribution in [-0.2, 0) is 0 Å². The van der Waals surface area contributed by atoms with Crippen LogP contribution in [0.4, 0.5) is 9.18 Å². The second-order valence-electron chi connectivity index (χ2n) is 10.1. The van der Waals surface area contributed by atoms with Crippen molar-refractivity contribution in [1.29, 1.82) is 0 Å². The maximum atomic E-state index is 13.5. The fraction of sp³-hybridized carbons (Fsp3) is 0.519.